The maximum Gasteiger partial charge on any atom is 0.399 e. The van der Waals surface area contributed by atoms with Crippen molar-refractivity contribution in [1.82, 2.24) is 0 Å². The van der Waals surface area contributed by atoms with Gasteiger partial charge in [0.05, 0.1) is 0 Å². The second-order valence-electron chi connectivity index (χ2n) is 5.97. The fourth-order valence-corrected chi connectivity index (χ4v) is 3.83. The summed E-state index contributed by atoms with van der Waals surface area (Å²) in [4.78, 5) is 30.0. The zero-order chi connectivity index (χ0) is 19.8. The van der Waals surface area contributed by atoms with Crippen LogP contribution >= 0.6 is 23.5 Å². The molecule has 2 aromatic carbocycles. The van der Waals surface area contributed by atoms with Gasteiger partial charge in [-0.3, -0.25) is 9.36 Å². The first-order valence-corrected chi connectivity index (χ1v) is 9.88. The SMILES string of the molecule is CC(=O)C(N)(Cc1ccccc1)c1ccc(C(F)(F)P(=O)(O)O)c(Br)c1. The predicted molar refractivity (Wildman–Crippen MR) is 96.8 cm³/mol. The standard InChI is InChI=1S/C17H17BrF2NO4P/c1-11(22)16(21,10-12-5-3-2-4-6-12)13-7-8-14(15(18)9-13)17(19,20)26(23,24)25/h2-9H,10,21H2,1H3,(H2,23,24,25). The number of benzene rings is 2. The molecule has 1 unspecified atom stereocenters. The van der Waals surface area contributed by atoms with Gasteiger partial charge in [0.15, 0.2) is 5.78 Å². The first-order chi connectivity index (χ1) is 11.9. The molecule has 26 heavy (non-hydrogen) atoms. The van der Waals surface area contributed by atoms with E-state index in [0.29, 0.717) is 0 Å². The minimum atomic E-state index is -5.71. The summed E-state index contributed by atoms with van der Waals surface area (Å²) in [6, 6.07) is 12.2. The normalized spacial score (nSPS) is 14.7. The molecule has 0 saturated heterocycles. The number of hydrogen-bond donors (Lipinski definition) is 3. The highest BCUT2D eigenvalue weighted by Crippen LogP contribution is 2.60. The number of nitrogens with two attached hydrogens (primary N) is 1. The van der Waals surface area contributed by atoms with Crippen LogP contribution in [-0.4, -0.2) is 15.6 Å². The van der Waals surface area contributed by atoms with E-state index in [4.69, 9.17) is 15.5 Å². The third kappa shape index (κ3) is 3.94. The first-order valence-electron chi connectivity index (χ1n) is 7.47. The lowest BCUT2D eigenvalue weighted by Gasteiger charge is -2.29. The Morgan fingerprint density at radius 1 is 1.19 bits per heavy atom. The van der Waals surface area contributed by atoms with Crippen molar-refractivity contribution in [3.63, 3.8) is 0 Å². The van der Waals surface area contributed by atoms with E-state index in [2.05, 4.69) is 15.9 Å². The highest BCUT2D eigenvalue weighted by atomic mass is 79.9. The van der Waals surface area contributed by atoms with Gasteiger partial charge in [0.25, 0.3) is 0 Å². The van der Waals surface area contributed by atoms with E-state index in [-0.39, 0.29) is 22.2 Å². The average molecular weight is 448 g/mol. The van der Waals surface area contributed by atoms with Crippen LogP contribution in [0.1, 0.15) is 23.6 Å². The Hall–Kier alpha value is -1.44. The summed E-state index contributed by atoms with van der Waals surface area (Å²) in [5, 5.41) is 0. The Kier molecular flexibility index (Phi) is 5.85. The fraction of sp³-hybridized carbons (Fsp3) is 0.235. The number of hydrogen-bond acceptors (Lipinski definition) is 3. The molecule has 5 nitrogen and oxygen atoms in total. The van der Waals surface area contributed by atoms with Crippen LogP contribution in [0.4, 0.5) is 8.78 Å². The fourth-order valence-electron chi connectivity index (χ4n) is 2.54. The van der Waals surface area contributed by atoms with Crippen LogP contribution in [0.15, 0.2) is 53.0 Å². The van der Waals surface area contributed by atoms with Crippen molar-refractivity contribution in [3.05, 3.63) is 69.7 Å². The molecule has 4 N–H and O–H groups in total. The van der Waals surface area contributed by atoms with Gasteiger partial charge in [0, 0.05) is 16.5 Å². The molecule has 1 atom stereocenters. The van der Waals surface area contributed by atoms with Crippen molar-refractivity contribution >= 4 is 29.3 Å². The molecule has 0 spiro atoms. The van der Waals surface area contributed by atoms with E-state index in [1.807, 2.05) is 6.07 Å². The smallest absolute Gasteiger partial charge is 0.320 e. The van der Waals surface area contributed by atoms with Crippen LogP contribution in [0.3, 0.4) is 0 Å². The van der Waals surface area contributed by atoms with E-state index >= 15 is 0 Å². The largest absolute Gasteiger partial charge is 0.399 e. The van der Waals surface area contributed by atoms with Gasteiger partial charge < -0.3 is 15.5 Å². The molecule has 0 saturated carbocycles. The summed E-state index contributed by atoms with van der Waals surface area (Å²) in [5.74, 6) is -0.372. The molecule has 2 rings (SSSR count). The van der Waals surface area contributed by atoms with Crippen molar-refractivity contribution in [2.75, 3.05) is 0 Å². The maximum atomic E-state index is 14.0. The van der Waals surface area contributed by atoms with Crippen LogP contribution in [0, 0.1) is 0 Å². The quantitative estimate of drug-likeness (QED) is 0.586. The van der Waals surface area contributed by atoms with E-state index in [1.54, 1.807) is 24.3 Å². The van der Waals surface area contributed by atoms with Crippen LogP contribution in [-0.2, 0) is 27.0 Å². The Morgan fingerprint density at radius 2 is 1.77 bits per heavy atom. The molecule has 140 valence electrons. The van der Waals surface area contributed by atoms with E-state index in [9.17, 15) is 18.1 Å². The van der Waals surface area contributed by atoms with Gasteiger partial charge in [0.2, 0.25) is 0 Å². The number of halogens is 3. The number of rotatable bonds is 6. The molecule has 0 heterocycles. The van der Waals surface area contributed by atoms with E-state index in [1.165, 1.54) is 19.1 Å². The first kappa shape index (κ1) is 20.9. The number of carbonyl (C=O) groups excluding carboxylic acids is 1. The second-order valence-corrected chi connectivity index (χ2v) is 8.47. The molecule has 0 radical (unpaired) electrons. The number of carbonyl (C=O) groups is 1. The second kappa shape index (κ2) is 7.29. The van der Waals surface area contributed by atoms with E-state index in [0.717, 1.165) is 11.6 Å². The van der Waals surface area contributed by atoms with Gasteiger partial charge >= 0.3 is 13.3 Å². The molecule has 0 aliphatic rings. The molecule has 0 aromatic heterocycles. The van der Waals surface area contributed by atoms with Gasteiger partial charge in [-0.25, -0.2) is 0 Å². The van der Waals surface area contributed by atoms with Crippen LogP contribution < -0.4 is 5.73 Å². The highest BCUT2D eigenvalue weighted by Gasteiger charge is 2.51. The predicted octanol–water partition coefficient (Wildman–Crippen LogP) is 3.66. The topological polar surface area (TPSA) is 101 Å². The molecule has 0 aliphatic carbocycles. The van der Waals surface area contributed by atoms with Crippen LogP contribution in [0.5, 0.6) is 0 Å². The maximum absolute atomic E-state index is 14.0. The average Bonchev–Trinajstić information content (AvgIpc) is 2.54. The Labute approximate surface area is 157 Å². The monoisotopic (exact) mass is 447 g/mol. The Bertz CT molecular complexity index is 872. The highest BCUT2D eigenvalue weighted by molar-refractivity contribution is 9.10. The van der Waals surface area contributed by atoms with Crippen molar-refractivity contribution in [2.24, 2.45) is 5.73 Å². The third-order valence-electron chi connectivity index (χ3n) is 4.13. The minimum absolute atomic E-state index is 0.143. The zero-order valence-corrected chi connectivity index (χ0v) is 16.2. The van der Waals surface area contributed by atoms with Crippen molar-refractivity contribution in [2.45, 2.75) is 24.5 Å². The summed E-state index contributed by atoms with van der Waals surface area (Å²) in [5.41, 5.74) is 0.624. The van der Waals surface area contributed by atoms with Crippen LogP contribution in [0.25, 0.3) is 0 Å². The molecule has 0 fully saturated rings. The van der Waals surface area contributed by atoms with Gasteiger partial charge in [0.1, 0.15) is 5.54 Å². The Morgan fingerprint density at radius 3 is 2.23 bits per heavy atom. The number of Topliss-reactive ketones (excluding diaryl/α,β-unsaturated/α-hetero) is 1. The molecular weight excluding hydrogens is 431 g/mol. The van der Waals surface area contributed by atoms with Crippen molar-refractivity contribution < 1.29 is 27.9 Å². The lowest BCUT2D eigenvalue weighted by Crippen LogP contribution is -2.45. The lowest BCUT2D eigenvalue weighted by molar-refractivity contribution is -0.122. The summed E-state index contributed by atoms with van der Waals surface area (Å²) in [7, 11) is -5.71. The molecule has 0 bridgehead atoms. The third-order valence-corrected chi connectivity index (χ3v) is 5.76. The number of alkyl halides is 2. The Balaban J connectivity index is 2.51. The lowest BCUT2D eigenvalue weighted by atomic mass is 9.81. The summed E-state index contributed by atoms with van der Waals surface area (Å²) < 4.78 is 38.8. The van der Waals surface area contributed by atoms with E-state index < -0.39 is 24.4 Å². The van der Waals surface area contributed by atoms with Crippen molar-refractivity contribution in [3.8, 4) is 0 Å². The van der Waals surface area contributed by atoms with Gasteiger partial charge in [-0.1, -0.05) is 58.4 Å². The molecule has 0 aliphatic heterocycles. The molecule has 2 aromatic rings. The molecule has 9 heteroatoms. The minimum Gasteiger partial charge on any atom is -0.320 e. The van der Waals surface area contributed by atoms with Gasteiger partial charge in [-0.2, -0.15) is 8.78 Å². The summed E-state index contributed by atoms with van der Waals surface area (Å²) in [6.07, 6.45) is 0.143. The zero-order valence-electron chi connectivity index (χ0n) is 13.7. The van der Waals surface area contributed by atoms with Crippen molar-refractivity contribution in [1.29, 1.82) is 0 Å². The summed E-state index contributed by atoms with van der Waals surface area (Å²) in [6.45, 7) is 1.30. The van der Waals surface area contributed by atoms with Gasteiger partial charge in [-0.15, -0.1) is 0 Å². The van der Waals surface area contributed by atoms with Crippen LogP contribution in [0.2, 0.25) is 0 Å². The molecule has 0 amide bonds. The molecular formula is C17H17BrF2NO4P. The van der Waals surface area contributed by atoms with Gasteiger partial charge in [-0.05, 0) is 24.1 Å². The number of ketones is 1. The summed E-state index contributed by atoms with van der Waals surface area (Å²) >= 11 is 2.91.